The zero-order valence-electron chi connectivity index (χ0n) is 12.6. The lowest BCUT2D eigenvalue weighted by Crippen LogP contribution is -2.33. The number of anilines is 1. The summed E-state index contributed by atoms with van der Waals surface area (Å²) in [5, 5.41) is 2.59. The molecule has 0 aliphatic heterocycles. The van der Waals surface area contributed by atoms with Gasteiger partial charge in [0.05, 0.1) is 11.4 Å². The number of nitrogens with zero attached hydrogens (tertiary/aromatic N) is 1. The minimum atomic E-state index is -3.57. The molecule has 8 heteroatoms. The van der Waals surface area contributed by atoms with Crippen LogP contribution in [-0.2, 0) is 14.8 Å². The highest BCUT2D eigenvalue weighted by Gasteiger charge is 2.23. The summed E-state index contributed by atoms with van der Waals surface area (Å²) in [5.41, 5.74) is 6.48. The Morgan fingerprint density at radius 1 is 1.38 bits per heavy atom. The highest BCUT2D eigenvalue weighted by Crippen LogP contribution is 2.23. The second-order valence-electron chi connectivity index (χ2n) is 4.84. The molecule has 1 amide bonds. The number of halogens is 1. The largest absolute Gasteiger partial charge is 0.325 e. The topological polar surface area (TPSA) is 92.5 Å². The number of aryl methyl sites for hydroxylation is 1. The van der Waals surface area contributed by atoms with E-state index in [0.717, 1.165) is 5.56 Å². The molecule has 1 rings (SSSR count). The lowest BCUT2D eigenvalue weighted by molar-refractivity contribution is -0.114. The maximum absolute atomic E-state index is 12.4. The molecule has 120 valence electrons. The van der Waals surface area contributed by atoms with Crippen molar-refractivity contribution in [2.24, 2.45) is 5.73 Å². The van der Waals surface area contributed by atoms with Crippen molar-refractivity contribution in [1.82, 2.24) is 4.31 Å². The van der Waals surface area contributed by atoms with Crippen molar-refractivity contribution in [3.05, 3.63) is 23.8 Å². The van der Waals surface area contributed by atoms with Gasteiger partial charge in [-0.25, -0.2) is 8.42 Å². The van der Waals surface area contributed by atoms with Gasteiger partial charge in [0.25, 0.3) is 0 Å². The molecule has 0 heterocycles. The van der Waals surface area contributed by atoms with E-state index in [1.54, 1.807) is 26.8 Å². The fraction of sp³-hybridized carbons (Fsp3) is 0.462. The van der Waals surface area contributed by atoms with Gasteiger partial charge in [0, 0.05) is 18.8 Å². The van der Waals surface area contributed by atoms with Crippen LogP contribution in [0.3, 0.4) is 0 Å². The van der Waals surface area contributed by atoms with E-state index in [9.17, 15) is 13.2 Å². The van der Waals surface area contributed by atoms with Gasteiger partial charge in [0.2, 0.25) is 15.9 Å². The van der Waals surface area contributed by atoms with E-state index in [1.165, 1.54) is 23.5 Å². The van der Waals surface area contributed by atoms with Crippen LogP contribution in [0, 0.1) is 6.92 Å². The smallest absolute Gasteiger partial charge is 0.243 e. The van der Waals surface area contributed by atoms with Gasteiger partial charge in [0.1, 0.15) is 0 Å². The molecule has 0 unspecified atom stereocenters. The van der Waals surface area contributed by atoms with Crippen LogP contribution in [0.4, 0.5) is 5.69 Å². The number of rotatable bonds is 5. The van der Waals surface area contributed by atoms with E-state index in [1.807, 2.05) is 0 Å². The molecule has 0 aliphatic rings. The summed E-state index contributed by atoms with van der Waals surface area (Å²) in [4.78, 5) is 11.5. The van der Waals surface area contributed by atoms with Crippen molar-refractivity contribution in [3.63, 3.8) is 0 Å². The lowest BCUT2D eigenvalue weighted by Gasteiger charge is -2.21. The molecule has 0 atom stereocenters. The van der Waals surface area contributed by atoms with Crippen LogP contribution in [0.15, 0.2) is 23.1 Å². The SMILES string of the molecule is Cc1ccc(S(=O)(=O)N(C)C(C)C)cc1NC(=O)CN.Cl. The van der Waals surface area contributed by atoms with Crippen molar-refractivity contribution in [2.75, 3.05) is 18.9 Å². The number of nitrogens with two attached hydrogens (primary N) is 1. The molecule has 6 nitrogen and oxygen atoms in total. The first kappa shape index (κ1) is 19.9. The number of benzene rings is 1. The number of sulfonamides is 1. The molecular formula is C13H22ClN3O3S. The summed E-state index contributed by atoms with van der Waals surface area (Å²) in [6.07, 6.45) is 0. The molecule has 1 aromatic carbocycles. The van der Waals surface area contributed by atoms with Crippen LogP contribution in [0.2, 0.25) is 0 Å². The summed E-state index contributed by atoms with van der Waals surface area (Å²) < 4.78 is 26.0. The minimum absolute atomic E-state index is 0. The molecule has 0 aliphatic carbocycles. The fourth-order valence-electron chi connectivity index (χ4n) is 1.54. The highest BCUT2D eigenvalue weighted by molar-refractivity contribution is 7.89. The monoisotopic (exact) mass is 335 g/mol. The third-order valence-electron chi connectivity index (χ3n) is 3.07. The van der Waals surface area contributed by atoms with Gasteiger partial charge in [-0.3, -0.25) is 4.79 Å². The molecule has 0 bridgehead atoms. The van der Waals surface area contributed by atoms with E-state index in [2.05, 4.69) is 5.32 Å². The van der Waals surface area contributed by atoms with Gasteiger partial charge in [-0.1, -0.05) is 6.07 Å². The molecule has 0 spiro atoms. The van der Waals surface area contributed by atoms with Crippen molar-refractivity contribution in [1.29, 1.82) is 0 Å². The Kier molecular flexibility index (Phi) is 7.32. The van der Waals surface area contributed by atoms with Crippen molar-refractivity contribution >= 4 is 34.0 Å². The Balaban J connectivity index is 0.00000400. The summed E-state index contributed by atoms with van der Waals surface area (Å²) in [7, 11) is -2.04. The van der Waals surface area contributed by atoms with Crippen LogP contribution in [0.5, 0.6) is 0 Å². The average Bonchev–Trinajstić information content (AvgIpc) is 2.39. The first-order chi connectivity index (χ1) is 9.20. The Morgan fingerprint density at radius 3 is 2.43 bits per heavy atom. The molecule has 0 saturated carbocycles. The average molecular weight is 336 g/mol. The third-order valence-corrected chi connectivity index (χ3v) is 5.10. The second-order valence-corrected chi connectivity index (χ2v) is 6.84. The van der Waals surface area contributed by atoms with Crippen LogP contribution >= 0.6 is 12.4 Å². The Bertz CT molecular complexity index is 603. The third kappa shape index (κ3) is 4.67. The van der Waals surface area contributed by atoms with Crippen molar-refractivity contribution in [3.8, 4) is 0 Å². The van der Waals surface area contributed by atoms with E-state index >= 15 is 0 Å². The zero-order valence-corrected chi connectivity index (χ0v) is 14.2. The number of amides is 1. The minimum Gasteiger partial charge on any atom is -0.325 e. The second kappa shape index (κ2) is 7.74. The first-order valence-electron chi connectivity index (χ1n) is 6.28. The lowest BCUT2D eigenvalue weighted by atomic mass is 10.2. The van der Waals surface area contributed by atoms with Crippen LogP contribution in [-0.4, -0.2) is 38.3 Å². The van der Waals surface area contributed by atoms with E-state index < -0.39 is 10.0 Å². The van der Waals surface area contributed by atoms with E-state index in [4.69, 9.17) is 5.73 Å². The maximum atomic E-state index is 12.4. The number of nitrogens with one attached hydrogen (secondary N) is 1. The molecule has 21 heavy (non-hydrogen) atoms. The van der Waals surface area contributed by atoms with Crippen molar-refractivity contribution in [2.45, 2.75) is 31.7 Å². The van der Waals surface area contributed by atoms with Gasteiger partial charge in [-0.15, -0.1) is 12.4 Å². The predicted molar refractivity (Wildman–Crippen MR) is 86.2 cm³/mol. The van der Waals surface area contributed by atoms with E-state index in [0.29, 0.717) is 5.69 Å². The summed E-state index contributed by atoms with van der Waals surface area (Å²) >= 11 is 0. The number of hydrogen-bond donors (Lipinski definition) is 2. The highest BCUT2D eigenvalue weighted by atomic mass is 35.5. The van der Waals surface area contributed by atoms with Crippen molar-refractivity contribution < 1.29 is 13.2 Å². The summed E-state index contributed by atoms with van der Waals surface area (Å²) in [6.45, 7) is 5.22. The van der Waals surface area contributed by atoms with Gasteiger partial charge >= 0.3 is 0 Å². The van der Waals surface area contributed by atoms with Crippen LogP contribution in [0.25, 0.3) is 0 Å². The fourth-order valence-corrected chi connectivity index (χ4v) is 2.94. The zero-order chi connectivity index (χ0) is 15.5. The van der Waals surface area contributed by atoms with Gasteiger partial charge in [0.15, 0.2) is 0 Å². The summed E-state index contributed by atoms with van der Waals surface area (Å²) in [5.74, 6) is -0.361. The maximum Gasteiger partial charge on any atom is 0.243 e. The van der Waals surface area contributed by atoms with Gasteiger partial charge in [-0.05, 0) is 38.5 Å². The molecule has 0 aromatic heterocycles. The number of carbonyl (C=O) groups excluding carboxylic acids is 1. The molecule has 0 radical (unpaired) electrons. The quantitative estimate of drug-likeness (QED) is 0.849. The molecular weight excluding hydrogens is 314 g/mol. The normalized spacial score (nSPS) is 11.4. The van der Waals surface area contributed by atoms with Crippen LogP contribution in [0.1, 0.15) is 19.4 Å². The molecule has 3 N–H and O–H groups in total. The predicted octanol–water partition coefficient (Wildman–Crippen LogP) is 1.34. The van der Waals surface area contributed by atoms with Gasteiger partial charge < -0.3 is 11.1 Å². The molecule has 1 aromatic rings. The Labute approximate surface area is 132 Å². The first-order valence-corrected chi connectivity index (χ1v) is 7.72. The molecule has 0 fully saturated rings. The number of carbonyl (C=O) groups is 1. The Hall–Kier alpha value is -1.15. The van der Waals surface area contributed by atoms with E-state index in [-0.39, 0.29) is 35.8 Å². The number of hydrogen-bond acceptors (Lipinski definition) is 4. The standard InChI is InChI=1S/C13H21N3O3S.ClH/c1-9(2)16(4)20(18,19)11-6-5-10(3)12(7-11)15-13(17)8-14;/h5-7,9H,8,14H2,1-4H3,(H,15,17);1H. The summed E-state index contributed by atoms with van der Waals surface area (Å²) in [6, 6.07) is 4.50. The van der Waals surface area contributed by atoms with Gasteiger partial charge in [-0.2, -0.15) is 4.31 Å². The van der Waals surface area contributed by atoms with Crippen LogP contribution < -0.4 is 11.1 Å². The molecule has 0 saturated heterocycles. The Morgan fingerprint density at radius 2 is 1.95 bits per heavy atom.